The second kappa shape index (κ2) is 3.49. The van der Waals surface area contributed by atoms with Gasteiger partial charge in [-0.2, -0.15) is 0 Å². The number of methoxy groups -OCH3 is 1. The Balaban J connectivity index is 2.81. The maximum Gasteiger partial charge on any atom is 0.123 e. The first-order valence-corrected chi connectivity index (χ1v) is 3.52. The predicted molar refractivity (Wildman–Crippen MR) is 41.8 cm³/mol. The summed E-state index contributed by atoms with van der Waals surface area (Å²) in [6.45, 7) is 1.92. The smallest absolute Gasteiger partial charge is 0.123 e. The van der Waals surface area contributed by atoms with E-state index in [2.05, 4.69) is 0 Å². The van der Waals surface area contributed by atoms with Crippen LogP contribution in [0.2, 0.25) is 0 Å². The summed E-state index contributed by atoms with van der Waals surface area (Å²) < 4.78 is 17.5. The number of hydrogen-bond donors (Lipinski definition) is 0. The van der Waals surface area contributed by atoms with Crippen molar-refractivity contribution in [2.75, 3.05) is 7.11 Å². The van der Waals surface area contributed by atoms with Crippen LogP contribution in [0, 0.1) is 5.82 Å². The van der Waals surface area contributed by atoms with E-state index in [1.165, 1.54) is 12.1 Å². The van der Waals surface area contributed by atoms with Crippen LogP contribution < -0.4 is 0 Å². The summed E-state index contributed by atoms with van der Waals surface area (Å²) in [6, 6.07) is 6.32. The molecule has 0 heterocycles. The molecule has 1 atom stereocenters. The van der Waals surface area contributed by atoms with E-state index in [0.717, 1.165) is 5.56 Å². The van der Waals surface area contributed by atoms with Crippen LogP contribution in [0.3, 0.4) is 0 Å². The van der Waals surface area contributed by atoms with Crippen LogP contribution in [0.4, 0.5) is 4.39 Å². The quantitative estimate of drug-likeness (QED) is 0.636. The van der Waals surface area contributed by atoms with E-state index in [1.54, 1.807) is 19.2 Å². The molecule has 0 saturated heterocycles. The van der Waals surface area contributed by atoms with Gasteiger partial charge in [-0.15, -0.1) is 0 Å². The Labute approximate surface area is 65.8 Å². The first-order valence-electron chi connectivity index (χ1n) is 3.52. The zero-order chi connectivity index (χ0) is 8.27. The number of rotatable bonds is 2. The first-order chi connectivity index (χ1) is 5.24. The lowest BCUT2D eigenvalue weighted by atomic mass is 10.1. The lowest BCUT2D eigenvalue weighted by Crippen LogP contribution is -1.94. The number of halogens is 1. The molecule has 0 spiro atoms. The van der Waals surface area contributed by atoms with Crippen molar-refractivity contribution < 1.29 is 9.13 Å². The van der Waals surface area contributed by atoms with Crippen LogP contribution in [-0.4, -0.2) is 7.11 Å². The van der Waals surface area contributed by atoms with E-state index >= 15 is 0 Å². The van der Waals surface area contributed by atoms with Gasteiger partial charge in [-0.1, -0.05) is 12.1 Å². The highest BCUT2D eigenvalue weighted by Gasteiger charge is 2.01. The number of benzene rings is 1. The summed E-state index contributed by atoms with van der Waals surface area (Å²) >= 11 is 0. The lowest BCUT2D eigenvalue weighted by Gasteiger charge is -2.08. The van der Waals surface area contributed by atoms with Gasteiger partial charge < -0.3 is 4.74 Å². The van der Waals surface area contributed by atoms with Crippen molar-refractivity contribution in [3.8, 4) is 0 Å². The van der Waals surface area contributed by atoms with Crippen molar-refractivity contribution in [2.24, 2.45) is 0 Å². The van der Waals surface area contributed by atoms with Gasteiger partial charge in [0.05, 0.1) is 6.10 Å². The molecule has 0 aliphatic carbocycles. The second-order valence-corrected chi connectivity index (χ2v) is 2.43. The number of hydrogen-bond acceptors (Lipinski definition) is 1. The molecular weight excluding hydrogens is 143 g/mol. The van der Waals surface area contributed by atoms with E-state index in [4.69, 9.17) is 4.74 Å². The Hall–Kier alpha value is -0.890. The molecule has 0 aromatic heterocycles. The van der Waals surface area contributed by atoms with Gasteiger partial charge in [-0.25, -0.2) is 4.39 Å². The molecule has 0 radical (unpaired) electrons. The summed E-state index contributed by atoms with van der Waals surface area (Å²) in [7, 11) is 1.63. The molecule has 2 heteroatoms. The topological polar surface area (TPSA) is 9.23 Å². The fraction of sp³-hybridized carbons (Fsp3) is 0.333. The van der Waals surface area contributed by atoms with Crippen molar-refractivity contribution in [3.05, 3.63) is 35.6 Å². The van der Waals surface area contributed by atoms with Gasteiger partial charge in [0, 0.05) is 7.11 Å². The summed E-state index contributed by atoms with van der Waals surface area (Å²) in [5.74, 6) is -0.211. The molecule has 0 aliphatic heterocycles. The SMILES string of the molecule is CO[C@H](C)c1ccc(F)cc1. The van der Waals surface area contributed by atoms with E-state index in [-0.39, 0.29) is 11.9 Å². The maximum atomic E-state index is 12.4. The minimum atomic E-state index is -0.211. The summed E-state index contributed by atoms with van der Waals surface area (Å²) in [5, 5.41) is 0. The molecule has 0 unspecified atom stereocenters. The third-order valence-electron chi connectivity index (χ3n) is 1.69. The molecular formula is C9H11FO. The lowest BCUT2D eigenvalue weighted by molar-refractivity contribution is 0.119. The van der Waals surface area contributed by atoms with Gasteiger partial charge in [-0.3, -0.25) is 0 Å². The molecule has 0 fully saturated rings. The Morgan fingerprint density at radius 2 is 1.82 bits per heavy atom. The second-order valence-electron chi connectivity index (χ2n) is 2.43. The average molecular weight is 154 g/mol. The zero-order valence-electron chi connectivity index (χ0n) is 6.67. The van der Waals surface area contributed by atoms with Gasteiger partial charge in [0.25, 0.3) is 0 Å². The zero-order valence-corrected chi connectivity index (χ0v) is 6.67. The van der Waals surface area contributed by atoms with Gasteiger partial charge in [-0.05, 0) is 24.6 Å². The van der Waals surface area contributed by atoms with E-state index in [1.807, 2.05) is 6.92 Å². The van der Waals surface area contributed by atoms with Crippen molar-refractivity contribution in [1.82, 2.24) is 0 Å². The minimum Gasteiger partial charge on any atom is -0.377 e. The summed E-state index contributed by atoms with van der Waals surface area (Å²) in [6.07, 6.45) is 0.0376. The molecule has 1 nitrogen and oxygen atoms in total. The molecule has 0 aliphatic rings. The largest absolute Gasteiger partial charge is 0.377 e. The van der Waals surface area contributed by atoms with Crippen LogP contribution in [0.5, 0.6) is 0 Å². The molecule has 0 N–H and O–H groups in total. The van der Waals surface area contributed by atoms with Crippen molar-refractivity contribution in [2.45, 2.75) is 13.0 Å². The molecule has 1 aromatic rings. The maximum absolute atomic E-state index is 12.4. The van der Waals surface area contributed by atoms with E-state index < -0.39 is 0 Å². The van der Waals surface area contributed by atoms with Crippen LogP contribution in [0.15, 0.2) is 24.3 Å². The van der Waals surface area contributed by atoms with Gasteiger partial charge in [0.1, 0.15) is 5.82 Å². The van der Waals surface area contributed by atoms with Gasteiger partial charge in [0.2, 0.25) is 0 Å². The average Bonchev–Trinajstić information content (AvgIpc) is 2.05. The molecule has 60 valence electrons. The minimum absolute atomic E-state index is 0.0376. The van der Waals surface area contributed by atoms with Crippen LogP contribution in [0.1, 0.15) is 18.6 Å². The van der Waals surface area contributed by atoms with Crippen molar-refractivity contribution in [1.29, 1.82) is 0 Å². The van der Waals surface area contributed by atoms with Crippen LogP contribution >= 0.6 is 0 Å². The summed E-state index contributed by atoms with van der Waals surface area (Å²) in [5.41, 5.74) is 0.994. The molecule has 1 aromatic carbocycles. The Kier molecular flexibility index (Phi) is 2.60. The standard InChI is InChI=1S/C9H11FO/c1-7(11-2)8-3-5-9(10)6-4-8/h3-7H,1-2H3/t7-/m1/s1. The Morgan fingerprint density at radius 1 is 1.27 bits per heavy atom. The first kappa shape index (κ1) is 8.21. The fourth-order valence-electron chi connectivity index (χ4n) is 0.870. The number of ether oxygens (including phenoxy) is 1. The van der Waals surface area contributed by atoms with Gasteiger partial charge in [0.15, 0.2) is 0 Å². The Bertz CT molecular complexity index is 218. The normalized spacial score (nSPS) is 13.0. The predicted octanol–water partition coefficient (Wildman–Crippen LogP) is 2.53. The van der Waals surface area contributed by atoms with E-state index in [9.17, 15) is 4.39 Å². The van der Waals surface area contributed by atoms with Crippen molar-refractivity contribution >= 4 is 0 Å². The fourth-order valence-corrected chi connectivity index (χ4v) is 0.870. The highest BCUT2D eigenvalue weighted by atomic mass is 19.1. The highest BCUT2D eigenvalue weighted by Crippen LogP contribution is 2.15. The van der Waals surface area contributed by atoms with Crippen molar-refractivity contribution in [3.63, 3.8) is 0 Å². The van der Waals surface area contributed by atoms with Gasteiger partial charge >= 0.3 is 0 Å². The van der Waals surface area contributed by atoms with Crippen LogP contribution in [0.25, 0.3) is 0 Å². The molecule has 0 saturated carbocycles. The summed E-state index contributed by atoms with van der Waals surface area (Å²) in [4.78, 5) is 0. The van der Waals surface area contributed by atoms with Crippen LogP contribution in [-0.2, 0) is 4.74 Å². The molecule has 11 heavy (non-hydrogen) atoms. The highest BCUT2D eigenvalue weighted by molar-refractivity contribution is 5.17. The monoisotopic (exact) mass is 154 g/mol. The third-order valence-corrected chi connectivity index (χ3v) is 1.69. The molecule has 1 rings (SSSR count). The van der Waals surface area contributed by atoms with E-state index in [0.29, 0.717) is 0 Å². The third kappa shape index (κ3) is 2.02. The Morgan fingerprint density at radius 3 is 2.27 bits per heavy atom. The molecule has 0 bridgehead atoms. The molecule has 0 amide bonds.